The molecule has 1 saturated carbocycles. The lowest BCUT2D eigenvalue weighted by molar-refractivity contribution is -0.276. The fraction of sp³-hybridized carbons (Fsp3) is 0.455. The van der Waals surface area contributed by atoms with Gasteiger partial charge in [-0.3, -0.25) is 9.59 Å². The lowest BCUT2D eigenvalue weighted by Crippen LogP contribution is -2.67. The predicted octanol–water partition coefficient (Wildman–Crippen LogP) is 4.43. The number of aromatic amines is 1. The number of fused-ring (bicyclic) bond motifs is 2. The first-order chi connectivity index (χ1) is 15.6. The quantitative estimate of drug-likeness (QED) is 0.438. The third kappa shape index (κ3) is 3.41. The van der Waals surface area contributed by atoms with Crippen molar-refractivity contribution in [2.75, 3.05) is 5.32 Å². The Kier molecular flexibility index (Phi) is 5.39. The number of rotatable bonds is 3. The summed E-state index contributed by atoms with van der Waals surface area (Å²) in [6.07, 6.45) is -7.07. The number of anilines is 1. The maximum atomic E-state index is 14.3. The number of nitrogens with one attached hydrogen (secondary N) is 2. The maximum Gasteiger partial charge on any atom is 0.419 e. The SMILES string of the molecule is CC[C@@H]1C[C@@](O)(C(F)(F)F)[C@@H](Nc2cccc3[nH]c(=O)ccc23)C2=CC(F)(F)C(F)(F)C(=O)C21. The number of alkyl halides is 7. The first-order valence-corrected chi connectivity index (χ1v) is 10.3. The van der Waals surface area contributed by atoms with Crippen LogP contribution in [0.4, 0.5) is 36.4 Å². The highest BCUT2D eigenvalue weighted by Gasteiger charge is 2.72. The monoisotopic (exact) mass is 492 g/mol. The van der Waals surface area contributed by atoms with Crippen molar-refractivity contribution in [2.24, 2.45) is 11.8 Å². The van der Waals surface area contributed by atoms with Crippen LogP contribution in [-0.4, -0.2) is 45.5 Å². The smallest absolute Gasteiger partial charge is 0.379 e. The Morgan fingerprint density at radius 3 is 2.41 bits per heavy atom. The van der Waals surface area contributed by atoms with Gasteiger partial charge in [0, 0.05) is 17.1 Å². The van der Waals surface area contributed by atoms with Gasteiger partial charge < -0.3 is 15.4 Å². The zero-order chi connectivity index (χ0) is 25.3. The van der Waals surface area contributed by atoms with E-state index in [-0.39, 0.29) is 29.1 Å². The van der Waals surface area contributed by atoms with E-state index in [0.717, 1.165) is 6.07 Å². The van der Waals surface area contributed by atoms with Crippen LogP contribution in [0.2, 0.25) is 0 Å². The molecule has 0 spiro atoms. The molecule has 1 heterocycles. The lowest BCUT2D eigenvalue weighted by atomic mass is 9.60. The second-order valence-electron chi connectivity index (χ2n) is 8.64. The summed E-state index contributed by atoms with van der Waals surface area (Å²) in [5.74, 6) is -15.7. The van der Waals surface area contributed by atoms with E-state index in [4.69, 9.17) is 0 Å². The molecule has 0 bridgehead atoms. The number of H-pyrrole nitrogens is 1. The number of carbonyl (C=O) groups is 1. The molecule has 0 saturated heterocycles. The largest absolute Gasteiger partial charge is 0.419 e. The van der Waals surface area contributed by atoms with Gasteiger partial charge >= 0.3 is 18.0 Å². The molecule has 1 aromatic heterocycles. The van der Waals surface area contributed by atoms with Crippen LogP contribution in [0, 0.1) is 11.8 Å². The molecule has 3 N–H and O–H groups in total. The highest BCUT2D eigenvalue weighted by molar-refractivity contribution is 5.95. The number of ketones is 1. The Balaban J connectivity index is 1.95. The summed E-state index contributed by atoms with van der Waals surface area (Å²) in [6.45, 7) is 1.33. The molecule has 184 valence electrons. The van der Waals surface area contributed by atoms with Gasteiger partial charge in [0.1, 0.15) is 0 Å². The number of hydrogen-bond donors (Lipinski definition) is 3. The van der Waals surface area contributed by atoms with Crippen LogP contribution >= 0.6 is 0 Å². The zero-order valence-electron chi connectivity index (χ0n) is 17.5. The normalized spacial score (nSPS) is 30.6. The summed E-state index contributed by atoms with van der Waals surface area (Å²) >= 11 is 0. The Hall–Kier alpha value is -2.89. The minimum Gasteiger partial charge on any atom is -0.379 e. The summed E-state index contributed by atoms with van der Waals surface area (Å²) < 4.78 is 99.5. The Morgan fingerprint density at radius 2 is 1.79 bits per heavy atom. The second-order valence-corrected chi connectivity index (χ2v) is 8.64. The number of benzene rings is 1. The topological polar surface area (TPSA) is 82.2 Å². The maximum absolute atomic E-state index is 14.3. The van der Waals surface area contributed by atoms with E-state index in [9.17, 15) is 45.4 Å². The minimum atomic E-state index is -5.36. The van der Waals surface area contributed by atoms with Crippen molar-refractivity contribution in [3.8, 4) is 0 Å². The van der Waals surface area contributed by atoms with E-state index in [1.807, 2.05) is 0 Å². The van der Waals surface area contributed by atoms with Crippen LogP contribution in [0.15, 0.2) is 46.8 Å². The van der Waals surface area contributed by atoms with E-state index < -0.39 is 64.8 Å². The van der Waals surface area contributed by atoms with Gasteiger partial charge in [0.2, 0.25) is 11.3 Å². The molecule has 1 fully saturated rings. The zero-order valence-corrected chi connectivity index (χ0v) is 17.5. The fourth-order valence-electron chi connectivity index (χ4n) is 4.89. The number of hydrogen-bond acceptors (Lipinski definition) is 4. The first-order valence-electron chi connectivity index (χ1n) is 10.3. The number of allylic oxidation sites excluding steroid dienone is 1. The van der Waals surface area contributed by atoms with Crippen molar-refractivity contribution < 1.29 is 40.6 Å². The number of halogens is 7. The Bertz CT molecular complexity index is 1240. The number of Topliss-reactive ketones (excluding diaryl/α,β-unsaturated/α-hetero) is 1. The van der Waals surface area contributed by atoms with E-state index in [0.29, 0.717) is 0 Å². The van der Waals surface area contributed by atoms with E-state index in [1.54, 1.807) is 0 Å². The van der Waals surface area contributed by atoms with E-state index in [2.05, 4.69) is 10.3 Å². The molecule has 12 heteroatoms. The molecule has 5 nitrogen and oxygen atoms in total. The van der Waals surface area contributed by atoms with Crippen LogP contribution < -0.4 is 10.9 Å². The van der Waals surface area contributed by atoms with Gasteiger partial charge in [0.25, 0.3) is 0 Å². The average Bonchev–Trinajstić information content (AvgIpc) is 2.73. The molecule has 0 radical (unpaired) electrons. The van der Waals surface area contributed by atoms with Crippen LogP contribution in [0.25, 0.3) is 10.9 Å². The molecule has 0 aliphatic heterocycles. The van der Waals surface area contributed by atoms with Gasteiger partial charge in [-0.05, 0) is 42.2 Å². The molecule has 34 heavy (non-hydrogen) atoms. The van der Waals surface area contributed by atoms with Crippen LogP contribution in [0.1, 0.15) is 19.8 Å². The summed E-state index contributed by atoms with van der Waals surface area (Å²) in [5, 5.41) is 13.4. The number of carbonyl (C=O) groups excluding carboxylic acids is 1. The highest BCUT2D eigenvalue weighted by atomic mass is 19.4. The summed E-state index contributed by atoms with van der Waals surface area (Å²) in [7, 11) is 0. The second kappa shape index (κ2) is 7.56. The average molecular weight is 492 g/mol. The molecule has 2 aliphatic rings. The molecule has 2 aliphatic carbocycles. The standard InChI is InChI=1S/C22H19F7N2O3/c1-2-10-8-19(34,22(27,28)29)17(12-9-20(23,24)21(25,26)18(33)16(10)12)31-14-5-3-4-13-11(14)6-7-15(32)30-13/h3-7,9-10,16-17,31,34H,2,8H2,1H3,(H,30,32)/t10-,16?,17+,19+/m1/s1. The molecule has 2 aromatic rings. The van der Waals surface area contributed by atoms with Gasteiger partial charge in [-0.1, -0.05) is 19.4 Å². The number of pyridine rings is 1. The molecular formula is C22H19F7N2O3. The van der Waals surface area contributed by atoms with Crippen molar-refractivity contribution in [3.05, 3.63) is 52.3 Å². The van der Waals surface area contributed by atoms with Crippen molar-refractivity contribution in [1.29, 1.82) is 0 Å². The molecule has 4 rings (SSSR count). The van der Waals surface area contributed by atoms with Crippen molar-refractivity contribution in [3.63, 3.8) is 0 Å². The number of aromatic nitrogens is 1. The van der Waals surface area contributed by atoms with Gasteiger partial charge in [-0.15, -0.1) is 0 Å². The van der Waals surface area contributed by atoms with Gasteiger partial charge in [0.05, 0.1) is 17.5 Å². The van der Waals surface area contributed by atoms with E-state index in [1.165, 1.54) is 31.2 Å². The molecule has 1 unspecified atom stereocenters. The first kappa shape index (κ1) is 24.2. The molecule has 1 aromatic carbocycles. The van der Waals surface area contributed by atoms with Crippen LogP contribution in [0.5, 0.6) is 0 Å². The van der Waals surface area contributed by atoms with Gasteiger partial charge in [-0.2, -0.15) is 30.7 Å². The highest BCUT2D eigenvalue weighted by Crippen LogP contribution is 2.56. The van der Waals surface area contributed by atoms with Crippen molar-refractivity contribution in [2.45, 2.75) is 49.4 Å². The van der Waals surface area contributed by atoms with Gasteiger partial charge in [-0.25, -0.2) is 0 Å². The molecule has 0 amide bonds. The fourth-order valence-corrected chi connectivity index (χ4v) is 4.89. The minimum absolute atomic E-state index is 0.0934. The summed E-state index contributed by atoms with van der Waals surface area (Å²) in [4.78, 5) is 26.5. The molecule has 4 atom stereocenters. The van der Waals surface area contributed by atoms with Gasteiger partial charge in [0.15, 0.2) is 5.60 Å². The lowest BCUT2D eigenvalue weighted by Gasteiger charge is -2.51. The van der Waals surface area contributed by atoms with Crippen LogP contribution in [-0.2, 0) is 4.79 Å². The van der Waals surface area contributed by atoms with E-state index >= 15 is 0 Å². The van der Waals surface area contributed by atoms with Crippen molar-refractivity contribution >= 4 is 22.4 Å². The predicted molar refractivity (Wildman–Crippen MR) is 108 cm³/mol. The third-order valence-corrected chi connectivity index (χ3v) is 6.65. The Morgan fingerprint density at radius 1 is 1.12 bits per heavy atom. The third-order valence-electron chi connectivity index (χ3n) is 6.65. The Labute approximate surface area is 187 Å². The molecular weight excluding hydrogens is 473 g/mol. The van der Waals surface area contributed by atoms with Crippen LogP contribution in [0.3, 0.4) is 0 Å². The summed E-state index contributed by atoms with van der Waals surface area (Å²) in [6, 6.07) is 4.04. The van der Waals surface area contributed by atoms with Crippen molar-refractivity contribution in [1.82, 2.24) is 4.98 Å². The summed E-state index contributed by atoms with van der Waals surface area (Å²) in [5.41, 5.74) is -5.01. The number of aliphatic hydroxyl groups is 1.